The molecule has 1 fully saturated rings. The Kier molecular flexibility index (Phi) is 6.06. The SMILES string of the molecule is Cc1ccc(S(=O)(=O)NCc2ccco2)cc1C(=O)Nc1ccc(N2CCCC2)nc1. The van der Waals surface area contributed by atoms with Gasteiger partial charge in [0.05, 0.1) is 29.6 Å². The summed E-state index contributed by atoms with van der Waals surface area (Å²) < 4.78 is 32.9. The number of sulfonamides is 1. The van der Waals surface area contributed by atoms with Crippen molar-refractivity contribution >= 4 is 27.4 Å². The molecule has 3 heterocycles. The molecule has 1 aliphatic heterocycles. The van der Waals surface area contributed by atoms with Crippen molar-refractivity contribution < 1.29 is 17.6 Å². The molecule has 0 atom stereocenters. The zero-order valence-electron chi connectivity index (χ0n) is 17.2. The van der Waals surface area contributed by atoms with Crippen LogP contribution in [-0.2, 0) is 16.6 Å². The van der Waals surface area contributed by atoms with E-state index in [1.54, 1.807) is 37.4 Å². The second-order valence-corrected chi connectivity index (χ2v) is 9.20. The minimum Gasteiger partial charge on any atom is -0.468 e. The monoisotopic (exact) mass is 440 g/mol. The molecule has 1 aromatic carbocycles. The van der Waals surface area contributed by atoms with Gasteiger partial charge in [0.15, 0.2) is 0 Å². The molecule has 3 aromatic rings. The zero-order valence-corrected chi connectivity index (χ0v) is 18.0. The van der Waals surface area contributed by atoms with E-state index in [4.69, 9.17) is 4.42 Å². The van der Waals surface area contributed by atoms with Gasteiger partial charge in [-0.3, -0.25) is 4.79 Å². The molecule has 2 N–H and O–H groups in total. The number of nitrogens with zero attached hydrogens (tertiary/aromatic N) is 2. The van der Waals surface area contributed by atoms with E-state index in [9.17, 15) is 13.2 Å². The fraction of sp³-hybridized carbons (Fsp3) is 0.273. The van der Waals surface area contributed by atoms with Crippen molar-refractivity contribution in [3.05, 3.63) is 71.8 Å². The molecule has 0 spiro atoms. The van der Waals surface area contributed by atoms with Gasteiger partial charge in [-0.05, 0) is 61.7 Å². The van der Waals surface area contributed by atoms with Crippen molar-refractivity contribution in [3.8, 4) is 0 Å². The predicted molar refractivity (Wildman–Crippen MR) is 118 cm³/mol. The van der Waals surface area contributed by atoms with Crippen molar-refractivity contribution in [2.24, 2.45) is 0 Å². The van der Waals surface area contributed by atoms with Gasteiger partial charge >= 0.3 is 0 Å². The van der Waals surface area contributed by atoms with Crippen molar-refractivity contribution in [2.75, 3.05) is 23.3 Å². The van der Waals surface area contributed by atoms with Crippen LogP contribution in [-0.4, -0.2) is 32.4 Å². The van der Waals surface area contributed by atoms with Gasteiger partial charge in [0, 0.05) is 18.7 Å². The number of aromatic nitrogens is 1. The third-order valence-corrected chi connectivity index (χ3v) is 6.62. The van der Waals surface area contributed by atoms with Crippen LogP contribution in [0.15, 0.2) is 64.2 Å². The maximum absolute atomic E-state index is 12.8. The summed E-state index contributed by atoms with van der Waals surface area (Å²) in [6.45, 7) is 3.77. The Bertz CT molecular complexity index is 1150. The topological polar surface area (TPSA) is 105 Å². The first-order valence-electron chi connectivity index (χ1n) is 10.1. The Labute approximate surface area is 181 Å². The van der Waals surface area contributed by atoms with Gasteiger partial charge in [0.1, 0.15) is 11.6 Å². The Morgan fingerprint density at radius 1 is 1.16 bits per heavy atom. The van der Waals surface area contributed by atoms with Crippen molar-refractivity contribution in [2.45, 2.75) is 31.2 Å². The first kappa shape index (κ1) is 21.1. The summed E-state index contributed by atoms with van der Waals surface area (Å²) in [5.41, 5.74) is 1.50. The number of anilines is 2. The number of nitrogens with one attached hydrogen (secondary N) is 2. The lowest BCUT2D eigenvalue weighted by atomic mass is 10.1. The van der Waals surface area contributed by atoms with Crippen LogP contribution in [0.2, 0.25) is 0 Å². The van der Waals surface area contributed by atoms with Crippen LogP contribution in [0.25, 0.3) is 0 Å². The predicted octanol–water partition coefficient (Wildman–Crippen LogP) is 3.31. The Hall–Kier alpha value is -3.17. The number of carbonyl (C=O) groups excluding carboxylic acids is 1. The molecule has 31 heavy (non-hydrogen) atoms. The van der Waals surface area contributed by atoms with E-state index in [0.717, 1.165) is 31.7 Å². The van der Waals surface area contributed by atoms with E-state index in [0.29, 0.717) is 17.0 Å². The molecule has 0 bridgehead atoms. The number of furan rings is 1. The highest BCUT2D eigenvalue weighted by Crippen LogP contribution is 2.21. The highest BCUT2D eigenvalue weighted by molar-refractivity contribution is 7.89. The van der Waals surface area contributed by atoms with E-state index in [1.165, 1.54) is 18.4 Å². The summed E-state index contributed by atoms with van der Waals surface area (Å²) in [6, 6.07) is 11.5. The normalized spacial score (nSPS) is 14.0. The number of hydrogen-bond acceptors (Lipinski definition) is 6. The smallest absolute Gasteiger partial charge is 0.256 e. The molecule has 1 saturated heterocycles. The molecule has 0 saturated carbocycles. The van der Waals surface area contributed by atoms with Crippen LogP contribution in [0.5, 0.6) is 0 Å². The van der Waals surface area contributed by atoms with Gasteiger partial charge in [-0.2, -0.15) is 0 Å². The van der Waals surface area contributed by atoms with Crippen LogP contribution >= 0.6 is 0 Å². The molecule has 8 nitrogen and oxygen atoms in total. The number of amides is 1. The second kappa shape index (κ2) is 8.91. The summed E-state index contributed by atoms with van der Waals surface area (Å²) in [5.74, 6) is 0.997. The summed E-state index contributed by atoms with van der Waals surface area (Å²) in [7, 11) is -3.80. The molecule has 1 amide bonds. The number of benzene rings is 1. The molecule has 162 valence electrons. The van der Waals surface area contributed by atoms with Crippen LogP contribution in [0.1, 0.15) is 34.5 Å². The largest absolute Gasteiger partial charge is 0.468 e. The minimum atomic E-state index is -3.80. The van der Waals surface area contributed by atoms with Gasteiger partial charge in [-0.15, -0.1) is 0 Å². The van der Waals surface area contributed by atoms with E-state index >= 15 is 0 Å². The Morgan fingerprint density at radius 3 is 2.65 bits per heavy atom. The van der Waals surface area contributed by atoms with Gasteiger partial charge < -0.3 is 14.6 Å². The number of carbonyl (C=O) groups is 1. The fourth-order valence-electron chi connectivity index (χ4n) is 3.47. The standard InChI is InChI=1S/C22H24N4O4S/c1-16-6-8-19(31(28,29)24-15-18-5-4-12-30-18)13-20(16)22(27)25-17-7-9-21(23-14-17)26-10-2-3-11-26/h4-9,12-14,24H,2-3,10-11,15H2,1H3,(H,25,27). The number of hydrogen-bond donors (Lipinski definition) is 2. The summed E-state index contributed by atoms with van der Waals surface area (Å²) in [6.07, 6.45) is 5.42. The molecule has 0 radical (unpaired) electrons. The maximum Gasteiger partial charge on any atom is 0.256 e. The van der Waals surface area contributed by atoms with Gasteiger partial charge in [0.2, 0.25) is 10.0 Å². The molecule has 4 rings (SSSR count). The lowest BCUT2D eigenvalue weighted by molar-refractivity contribution is 0.102. The Balaban J connectivity index is 1.47. The molecular formula is C22H24N4O4S. The third kappa shape index (κ3) is 4.95. The van der Waals surface area contributed by atoms with E-state index in [1.807, 2.05) is 6.07 Å². The molecule has 2 aromatic heterocycles. The van der Waals surface area contributed by atoms with Crippen LogP contribution in [0.4, 0.5) is 11.5 Å². The van der Waals surface area contributed by atoms with Crippen molar-refractivity contribution in [1.29, 1.82) is 0 Å². The summed E-state index contributed by atoms with van der Waals surface area (Å²) in [5, 5.41) is 2.80. The summed E-state index contributed by atoms with van der Waals surface area (Å²) >= 11 is 0. The second-order valence-electron chi connectivity index (χ2n) is 7.43. The quantitative estimate of drug-likeness (QED) is 0.584. The van der Waals surface area contributed by atoms with Gasteiger partial charge in [-0.1, -0.05) is 6.07 Å². The first-order chi connectivity index (χ1) is 14.9. The van der Waals surface area contributed by atoms with Gasteiger partial charge in [0.25, 0.3) is 5.91 Å². The lowest BCUT2D eigenvalue weighted by Crippen LogP contribution is -2.24. The van der Waals surface area contributed by atoms with Crippen LogP contribution in [0, 0.1) is 6.92 Å². The third-order valence-electron chi connectivity index (χ3n) is 5.22. The average Bonchev–Trinajstić information content (AvgIpc) is 3.47. The van der Waals surface area contributed by atoms with E-state index < -0.39 is 15.9 Å². The Morgan fingerprint density at radius 2 is 1.97 bits per heavy atom. The molecular weight excluding hydrogens is 416 g/mol. The van der Waals surface area contributed by atoms with E-state index in [-0.39, 0.29) is 17.0 Å². The summed E-state index contributed by atoms with van der Waals surface area (Å²) in [4.78, 5) is 19.5. The lowest BCUT2D eigenvalue weighted by Gasteiger charge is -2.16. The number of aryl methyl sites for hydroxylation is 1. The van der Waals surface area contributed by atoms with Crippen LogP contribution < -0.4 is 14.9 Å². The van der Waals surface area contributed by atoms with Crippen molar-refractivity contribution in [1.82, 2.24) is 9.71 Å². The molecule has 0 aliphatic carbocycles. The number of pyridine rings is 1. The fourth-order valence-corrected chi connectivity index (χ4v) is 4.49. The van der Waals surface area contributed by atoms with Crippen LogP contribution in [0.3, 0.4) is 0 Å². The van der Waals surface area contributed by atoms with E-state index in [2.05, 4.69) is 19.9 Å². The van der Waals surface area contributed by atoms with Crippen molar-refractivity contribution in [3.63, 3.8) is 0 Å². The highest BCUT2D eigenvalue weighted by atomic mass is 32.2. The zero-order chi connectivity index (χ0) is 21.8. The number of rotatable bonds is 7. The minimum absolute atomic E-state index is 0.0114. The highest BCUT2D eigenvalue weighted by Gasteiger charge is 2.19. The maximum atomic E-state index is 12.8. The molecule has 1 aliphatic rings. The first-order valence-corrected chi connectivity index (χ1v) is 11.6. The molecule has 9 heteroatoms. The molecule has 0 unspecified atom stereocenters. The average molecular weight is 441 g/mol. The van der Waals surface area contributed by atoms with Gasteiger partial charge in [-0.25, -0.2) is 18.1 Å².